The first-order valence-electron chi connectivity index (χ1n) is 17.4. The maximum absolute atomic E-state index is 6.34. The number of para-hydroxylation sites is 4. The van der Waals surface area contributed by atoms with Gasteiger partial charge in [0.1, 0.15) is 0 Å². The number of benzene rings is 8. The summed E-state index contributed by atoms with van der Waals surface area (Å²) in [4.78, 5) is 2.39. The van der Waals surface area contributed by atoms with Gasteiger partial charge >= 0.3 is 0 Å². The Morgan fingerprint density at radius 2 is 0.920 bits per heavy atom. The molecule has 0 aromatic heterocycles. The van der Waals surface area contributed by atoms with Gasteiger partial charge in [0.25, 0.3) is 0 Å². The fraction of sp³-hybridized carbons (Fsp3) is 0.0417. The van der Waals surface area contributed by atoms with Crippen LogP contribution in [0, 0.1) is 0 Å². The molecule has 1 aliphatic carbocycles. The van der Waals surface area contributed by atoms with Crippen molar-refractivity contribution >= 4 is 49.3 Å². The summed E-state index contributed by atoms with van der Waals surface area (Å²) in [6.45, 7) is 0. The van der Waals surface area contributed by atoms with E-state index in [2.05, 4.69) is 169 Å². The van der Waals surface area contributed by atoms with Crippen LogP contribution in [0.3, 0.4) is 0 Å². The molecular formula is C48H33NO. The number of anilines is 2. The van der Waals surface area contributed by atoms with E-state index in [0.717, 1.165) is 35.7 Å². The summed E-state index contributed by atoms with van der Waals surface area (Å²) < 4.78 is 6.34. The molecule has 0 amide bonds. The van der Waals surface area contributed by atoms with Gasteiger partial charge < -0.3 is 9.64 Å². The smallest absolute Gasteiger partial charge is 0.151 e. The molecule has 1 heterocycles. The lowest BCUT2D eigenvalue weighted by Crippen LogP contribution is -2.21. The Morgan fingerprint density at radius 3 is 1.50 bits per heavy atom. The summed E-state index contributed by atoms with van der Waals surface area (Å²) in [6.07, 6.45) is 6.53. The van der Waals surface area contributed by atoms with Gasteiger partial charge in [-0.2, -0.15) is 0 Å². The molecule has 8 aromatic rings. The monoisotopic (exact) mass is 639 g/mol. The predicted octanol–water partition coefficient (Wildman–Crippen LogP) is 13.5. The second-order valence-corrected chi connectivity index (χ2v) is 13.1. The van der Waals surface area contributed by atoms with Crippen molar-refractivity contribution in [2.24, 2.45) is 0 Å². The molecule has 0 unspecified atom stereocenters. The van der Waals surface area contributed by atoms with Gasteiger partial charge in [-0.1, -0.05) is 140 Å². The van der Waals surface area contributed by atoms with Crippen LogP contribution < -0.4 is 9.64 Å². The second-order valence-electron chi connectivity index (χ2n) is 13.1. The number of fused-ring (bicyclic) bond motifs is 8. The van der Waals surface area contributed by atoms with E-state index in [1.165, 1.54) is 71.4 Å². The first-order chi connectivity index (χ1) is 24.8. The van der Waals surface area contributed by atoms with Crippen LogP contribution in [0.1, 0.15) is 18.4 Å². The summed E-state index contributed by atoms with van der Waals surface area (Å²) in [6, 6.07) is 58.9. The van der Waals surface area contributed by atoms with Gasteiger partial charge in [-0.15, -0.1) is 0 Å². The Hall–Kier alpha value is -6.38. The van der Waals surface area contributed by atoms with E-state index in [4.69, 9.17) is 4.74 Å². The predicted molar refractivity (Wildman–Crippen MR) is 210 cm³/mol. The molecule has 50 heavy (non-hydrogen) atoms. The Morgan fingerprint density at radius 1 is 0.420 bits per heavy atom. The average Bonchev–Trinajstić information content (AvgIpc) is 3.20. The highest BCUT2D eigenvalue weighted by molar-refractivity contribution is 6.31. The van der Waals surface area contributed by atoms with Gasteiger partial charge in [-0.05, 0) is 115 Å². The molecule has 1 aliphatic heterocycles. The van der Waals surface area contributed by atoms with Crippen molar-refractivity contribution in [2.75, 3.05) is 4.90 Å². The third kappa shape index (κ3) is 4.49. The zero-order chi connectivity index (χ0) is 33.0. The molecule has 2 heteroatoms. The standard InChI is InChI=1S/C48H33NO/c1-3-15-32(16-4-1)40-31-41(33-17-5-2-6-18-33)47-38-21-9-7-19-36(38)37-20-8-10-22-39(37)48(47)46(40)34-27-29-35(30-28-34)49-42-23-11-13-25-44(42)50-45-26-14-12-24-43(45)49/h1-27,29,31H,28,30H2. The van der Waals surface area contributed by atoms with Crippen LogP contribution in [-0.4, -0.2) is 0 Å². The summed E-state index contributed by atoms with van der Waals surface area (Å²) >= 11 is 0. The first-order valence-corrected chi connectivity index (χ1v) is 17.4. The quantitative estimate of drug-likeness (QED) is 0.178. The minimum Gasteiger partial charge on any atom is -0.453 e. The van der Waals surface area contributed by atoms with Crippen molar-refractivity contribution in [3.8, 4) is 33.8 Å². The number of ether oxygens (including phenoxy) is 1. The van der Waals surface area contributed by atoms with Gasteiger partial charge in [0, 0.05) is 5.70 Å². The van der Waals surface area contributed by atoms with Crippen LogP contribution in [0.15, 0.2) is 182 Å². The highest BCUT2D eigenvalue weighted by atomic mass is 16.5. The van der Waals surface area contributed by atoms with Gasteiger partial charge in [-0.25, -0.2) is 0 Å². The van der Waals surface area contributed by atoms with Crippen LogP contribution in [0.25, 0.3) is 60.1 Å². The van der Waals surface area contributed by atoms with Gasteiger partial charge in [0.05, 0.1) is 11.4 Å². The van der Waals surface area contributed by atoms with Crippen molar-refractivity contribution < 1.29 is 4.74 Å². The van der Waals surface area contributed by atoms with Crippen molar-refractivity contribution in [2.45, 2.75) is 12.8 Å². The van der Waals surface area contributed by atoms with Crippen molar-refractivity contribution in [3.63, 3.8) is 0 Å². The van der Waals surface area contributed by atoms with Crippen LogP contribution in [0.2, 0.25) is 0 Å². The minimum absolute atomic E-state index is 0.883. The number of hydrogen-bond acceptors (Lipinski definition) is 2. The van der Waals surface area contributed by atoms with E-state index in [1.54, 1.807) is 0 Å². The van der Waals surface area contributed by atoms with Crippen LogP contribution in [-0.2, 0) is 0 Å². The maximum atomic E-state index is 6.34. The van der Waals surface area contributed by atoms with Crippen LogP contribution >= 0.6 is 0 Å². The van der Waals surface area contributed by atoms with E-state index >= 15 is 0 Å². The lowest BCUT2D eigenvalue weighted by molar-refractivity contribution is 0.475. The number of rotatable bonds is 4. The van der Waals surface area contributed by atoms with E-state index in [0.29, 0.717) is 0 Å². The fourth-order valence-corrected chi connectivity index (χ4v) is 8.16. The second kappa shape index (κ2) is 11.6. The lowest BCUT2D eigenvalue weighted by atomic mass is 9.79. The number of hydrogen-bond donors (Lipinski definition) is 0. The third-order valence-electron chi connectivity index (χ3n) is 10.3. The topological polar surface area (TPSA) is 12.5 Å². The third-order valence-corrected chi connectivity index (χ3v) is 10.3. The summed E-state index contributed by atoms with van der Waals surface area (Å²) in [5.41, 5.74) is 11.1. The summed E-state index contributed by atoms with van der Waals surface area (Å²) in [5.74, 6) is 1.77. The highest BCUT2D eigenvalue weighted by Crippen LogP contribution is 2.52. The van der Waals surface area contributed by atoms with E-state index < -0.39 is 0 Å². The Kier molecular flexibility index (Phi) is 6.67. The maximum Gasteiger partial charge on any atom is 0.151 e. The van der Waals surface area contributed by atoms with E-state index in [9.17, 15) is 0 Å². The van der Waals surface area contributed by atoms with Crippen molar-refractivity contribution in [1.29, 1.82) is 0 Å². The molecule has 8 aromatic carbocycles. The molecule has 0 fully saturated rings. The molecule has 0 spiro atoms. The molecule has 0 N–H and O–H groups in total. The molecule has 236 valence electrons. The average molecular weight is 640 g/mol. The van der Waals surface area contributed by atoms with Crippen molar-refractivity contribution in [3.05, 3.63) is 187 Å². The zero-order valence-corrected chi connectivity index (χ0v) is 27.5. The molecule has 0 radical (unpaired) electrons. The van der Waals surface area contributed by atoms with Crippen molar-refractivity contribution in [1.82, 2.24) is 0 Å². The van der Waals surface area contributed by atoms with Gasteiger partial charge in [0.2, 0.25) is 0 Å². The van der Waals surface area contributed by atoms with Crippen LogP contribution in [0.4, 0.5) is 11.4 Å². The van der Waals surface area contributed by atoms with Gasteiger partial charge in [0.15, 0.2) is 11.5 Å². The summed E-state index contributed by atoms with van der Waals surface area (Å²) in [5, 5.41) is 7.79. The fourth-order valence-electron chi connectivity index (χ4n) is 8.16. The minimum atomic E-state index is 0.883. The number of nitrogens with zero attached hydrogens (tertiary/aromatic N) is 1. The normalized spacial score (nSPS) is 13.8. The zero-order valence-electron chi connectivity index (χ0n) is 27.5. The molecule has 2 aliphatic rings. The Bertz CT molecular complexity index is 2620. The number of allylic oxidation sites excluding steroid dienone is 4. The molecule has 0 atom stereocenters. The molecule has 0 bridgehead atoms. The molecule has 2 nitrogen and oxygen atoms in total. The summed E-state index contributed by atoms with van der Waals surface area (Å²) in [7, 11) is 0. The lowest BCUT2D eigenvalue weighted by Gasteiger charge is -2.35. The van der Waals surface area contributed by atoms with Gasteiger partial charge in [-0.3, -0.25) is 0 Å². The Labute approximate surface area is 291 Å². The van der Waals surface area contributed by atoms with E-state index in [-0.39, 0.29) is 0 Å². The first kappa shape index (κ1) is 28.6. The van der Waals surface area contributed by atoms with Crippen LogP contribution in [0.5, 0.6) is 11.5 Å². The largest absolute Gasteiger partial charge is 0.453 e. The molecular weight excluding hydrogens is 607 g/mol. The molecule has 0 saturated heterocycles. The Balaban J connectivity index is 1.29. The van der Waals surface area contributed by atoms with E-state index in [1.807, 2.05) is 12.1 Å². The SMILES string of the molecule is C1=C(c2c(-c3ccccc3)cc(-c3ccccc3)c3c4ccccc4c4ccccc4c23)CCC(N2c3ccccc3Oc3ccccc32)=C1. The highest BCUT2D eigenvalue weighted by Gasteiger charge is 2.29. The molecule has 0 saturated carbocycles. The molecule has 10 rings (SSSR count).